The number of ketones is 1. The molecule has 0 aromatic heterocycles. The molecule has 0 unspecified atom stereocenters. The zero-order valence-corrected chi connectivity index (χ0v) is 13.7. The lowest BCUT2D eigenvalue weighted by molar-refractivity contribution is 0.0975. The van der Waals surface area contributed by atoms with Crippen molar-refractivity contribution in [2.75, 3.05) is 0 Å². The molecule has 22 heavy (non-hydrogen) atoms. The molecule has 1 aromatic carbocycles. The second-order valence-electron chi connectivity index (χ2n) is 5.42. The van der Waals surface area contributed by atoms with Crippen LogP contribution in [0.25, 0.3) is 0 Å². The molecule has 124 valence electrons. The SMILES string of the molecule is CCCCCCCCCC(=O)c1cccc(O)c1S(=O)(=O)O. The number of benzene rings is 1. The standard InChI is InChI=1S/C16H24O5S/c1-2-3-4-5-6-7-8-11-14(17)13-10-9-12-15(18)16(13)22(19,20)21/h9-10,12,18H,2-8,11H2,1H3,(H,19,20,21). The summed E-state index contributed by atoms with van der Waals surface area (Å²) in [6.07, 6.45) is 7.60. The normalized spacial score (nSPS) is 11.5. The van der Waals surface area contributed by atoms with E-state index in [4.69, 9.17) is 4.55 Å². The summed E-state index contributed by atoms with van der Waals surface area (Å²) < 4.78 is 31.7. The second-order valence-corrected chi connectivity index (χ2v) is 6.78. The first-order valence-corrected chi connectivity index (χ1v) is 9.14. The minimum absolute atomic E-state index is 0.145. The van der Waals surface area contributed by atoms with Crippen molar-refractivity contribution in [1.29, 1.82) is 0 Å². The average molecular weight is 328 g/mol. The van der Waals surface area contributed by atoms with Crippen LogP contribution in [0.3, 0.4) is 0 Å². The van der Waals surface area contributed by atoms with Crippen molar-refractivity contribution in [2.24, 2.45) is 0 Å². The van der Waals surface area contributed by atoms with Gasteiger partial charge in [0, 0.05) is 12.0 Å². The van der Waals surface area contributed by atoms with Gasteiger partial charge in [0.25, 0.3) is 10.1 Å². The molecule has 1 aromatic rings. The first-order valence-electron chi connectivity index (χ1n) is 7.70. The van der Waals surface area contributed by atoms with Crippen LogP contribution < -0.4 is 0 Å². The maximum Gasteiger partial charge on any atom is 0.298 e. The number of unbranched alkanes of at least 4 members (excludes halogenated alkanes) is 6. The summed E-state index contributed by atoms with van der Waals surface area (Å²) >= 11 is 0. The number of carbonyl (C=O) groups excluding carboxylic acids is 1. The Labute approximate surface area is 132 Å². The summed E-state index contributed by atoms with van der Waals surface area (Å²) in [5.74, 6) is -0.981. The molecule has 1 rings (SSSR count). The molecule has 0 saturated heterocycles. The maximum atomic E-state index is 12.1. The Balaban J connectivity index is 2.58. The van der Waals surface area contributed by atoms with E-state index < -0.39 is 20.8 Å². The lowest BCUT2D eigenvalue weighted by atomic mass is 10.0. The van der Waals surface area contributed by atoms with Gasteiger partial charge in [-0.25, -0.2) is 0 Å². The molecule has 0 bridgehead atoms. The van der Waals surface area contributed by atoms with Gasteiger partial charge < -0.3 is 5.11 Å². The van der Waals surface area contributed by atoms with Crippen molar-refractivity contribution < 1.29 is 22.9 Å². The zero-order valence-electron chi connectivity index (χ0n) is 12.9. The highest BCUT2D eigenvalue weighted by Crippen LogP contribution is 2.27. The van der Waals surface area contributed by atoms with E-state index in [1.54, 1.807) is 0 Å². The fraction of sp³-hybridized carbons (Fsp3) is 0.562. The van der Waals surface area contributed by atoms with Crippen molar-refractivity contribution >= 4 is 15.9 Å². The second kappa shape index (κ2) is 8.90. The topological polar surface area (TPSA) is 91.7 Å². The Morgan fingerprint density at radius 1 is 1.05 bits per heavy atom. The minimum atomic E-state index is -4.63. The van der Waals surface area contributed by atoms with Crippen LogP contribution in [0.15, 0.2) is 23.1 Å². The molecule has 0 aliphatic rings. The van der Waals surface area contributed by atoms with E-state index in [1.165, 1.54) is 31.4 Å². The molecule has 0 atom stereocenters. The number of hydrogen-bond acceptors (Lipinski definition) is 4. The number of rotatable bonds is 10. The van der Waals surface area contributed by atoms with Gasteiger partial charge in [-0.1, -0.05) is 51.5 Å². The lowest BCUT2D eigenvalue weighted by Gasteiger charge is -2.08. The first kappa shape index (κ1) is 18.6. The number of phenolic OH excluding ortho intramolecular Hbond substituents is 1. The minimum Gasteiger partial charge on any atom is -0.506 e. The molecule has 5 nitrogen and oxygen atoms in total. The van der Waals surface area contributed by atoms with Gasteiger partial charge in [-0.05, 0) is 18.6 Å². The van der Waals surface area contributed by atoms with E-state index in [-0.39, 0.29) is 17.8 Å². The van der Waals surface area contributed by atoms with Crippen LogP contribution >= 0.6 is 0 Å². The Kier molecular flexibility index (Phi) is 7.55. The maximum absolute atomic E-state index is 12.1. The van der Waals surface area contributed by atoms with Crippen LogP contribution in [0.1, 0.15) is 68.6 Å². The van der Waals surface area contributed by atoms with Crippen LogP contribution in [0.5, 0.6) is 5.75 Å². The molecule has 0 fully saturated rings. The van der Waals surface area contributed by atoms with Gasteiger partial charge in [0.2, 0.25) is 0 Å². The fourth-order valence-electron chi connectivity index (χ4n) is 2.39. The monoisotopic (exact) mass is 328 g/mol. The molecule has 0 amide bonds. The highest BCUT2D eigenvalue weighted by Gasteiger charge is 2.23. The number of hydrogen-bond donors (Lipinski definition) is 2. The van der Waals surface area contributed by atoms with E-state index in [1.807, 2.05) is 0 Å². The Hall–Kier alpha value is -1.40. The molecular weight excluding hydrogens is 304 g/mol. The molecule has 0 aliphatic heterocycles. The Morgan fingerprint density at radius 2 is 1.64 bits per heavy atom. The van der Waals surface area contributed by atoms with Crippen LogP contribution in [0.2, 0.25) is 0 Å². The molecule has 0 aliphatic carbocycles. The van der Waals surface area contributed by atoms with Crippen molar-refractivity contribution in [3.05, 3.63) is 23.8 Å². The molecule has 0 saturated carbocycles. The van der Waals surface area contributed by atoms with E-state index in [2.05, 4.69) is 6.92 Å². The summed E-state index contributed by atoms with van der Waals surface area (Å²) in [5, 5.41) is 9.58. The van der Waals surface area contributed by atoms with Gasteiger partial charge in [-0.2, -0.15) is 8.42 Å². The number of aromatic hydroxyl groups is 1. The number of carbonyl (C=O) groups is 1. The highest BCUT2D eigenvalue weighted by atomic mass is 32.2. The van der Waals surface area contributed by atoms with E-state index >= 15 is 0 Å². The largest absolute Gasteiger partial charge is 0.506 e. The summed E-state index contributed by atoms with van der Waals surface area (Å²) in [6.45, 7) is 2.15. The van der Waals surface area contributed by atoms with Gasteiger partial charge in [-0.3, -0.25) is 9.35 Å². The third-order valence-corrected chi connectivity index (χ3v) is 4.50. The van der Waals surface area contributed by atoms with Crippen LogP contribution in [-0.2, 0) is 10.1 Å². The van der Waals surface area contributed by atoms with E-state index in [0.29, 0.717) is 6.42 Å². The molecule has 0 heterocycles. The van der Waals surface area contributed by atoms with Gasteiger partial charge in [0.1, 0.15) is 10.6 Å². The van der Waals surface area contributed by atoms with Crippen LogP contribution in [0.4, 0.5) is 0 Å². The molecule has 6 heteroatoms. The zero-order chi connectivity index (χ0) is 16.6. The fourth-order valence-corrected chi connectivity index (χ4v) is 3.18. The molecule has 2 N–H and O–H groups in total. The van der Waals surface area contributed by atoms with Gasteiger partial charge in [0.15, 0.2) is 5.78 Å². The smallest absolute Gasteiger partial charge is 0.298 e. The summed E-state index contributed by atoms with van der Waals surface area (Å²) in [6, 6.07) is 3.84. The van der Waals surface area contributed by atoms with Crippen LogP contribution in [-0.4, -0.2) is 23.9 Å². The quantitative estimate of drug-likeness (QED) is 0.385. The predicted octanol–water partition coefficient (Wildman–Crippen LogP) is 3.96. The van der Waals surface area contributed by atoms with Crippen molar-refractivity contribution in [1.82, 2.24) is 0 Å². The predicted molar refractivity (Wildman–Crippen MR) is 84.9 cm³/mol. The van der Waals surface area contributed by atoms with Gasteiger partial charge in [-0.15, -0.1) is 0 Å². The molecule has 0 spiro atoms. The van der Waals surface area contributed by atoms with Gasteiger partial charge in [0.05, 0.1) is 0 Å². The third-order valence-electron chi connectivity index (χ3n) is 3.56. The summed E-state index contributed by atoms with van der Waals surface area (Å²) in [5.41, 5.74) is -0.145. The van der Waals surface area contributed by atoms with E-state index in [0.717, 1.165) is 25.3 Å². The average Bonchev–Trinajstić information content (AvgIpc) is 2.44. The summed E-state index contributed by atoms with van der Waals surface area (Å²) in [7, 11) is -4.63. The first-order chi connectivity index (χ1) is 10.4. The highest BCUT2D eigenvalue weighted by molar-refractivity contribution is 7.86. The van der Waals surface area contributed by atoms with Gasteiger partial charge >= 0.3 is 0 Å². The number of phenols is 1. The Bertz CT molecular complexity index is 593. The van der Waals surface area contributed by atoms with Crippen molar-refractivity contribution in [3.63, 3.8) is 0 Å². The van der Waals surface area contributed by atoms with Crippen molar-refractivity contribution in [2.45, 2.75) is 63.2 Å². The van der Waals surface area contributed by atoms with E-state index in [9.17, 15) is 18.3 Å². The molecule has 0 radical (unpaired) electrons. The lowest BCUT2D eigenvalue weighted by Crippen LogP contribution is -2.09. The van der Waals surface area contributed by atoms with Crippen LogP contribution in [0, 0.1) is 0 Å². The van der Waals surface area contributed by atoms with Crippen molar-refractivity contribution in [3.8, 4) is 5.75 Å². The number of Topliss-reactive ketones (excluding diaryl/α,β-unsaturated/α-hetero) is 1. The Morgan fingerprint density at radius 3 is 2.23 bits per heavy atom. The summed E-state index contributed by atoms with van der Waals surface area (Å²) in [4.78, 5) is 11.4. The third kappa shape index (κ3) is 5.77. The molecular formula is C16H24O5S.